The van der Waals surface area contributed by atoms with Crippen molar-refractivity contribution in [2.45, 2.75) is 32.6 Å². The predicted molar refractivity (Wildman–Crippen MR) is 82.1 cm³/mol. The number of hydrogen-bond donors (Lipinski definition) is 1. The van der Waals surface area contributed by atoms with Gasteiger partial charge in [-0.25, -0.2) is 0 Å². The van der Waals surface area contributed by atoms with E-state index in [1.165, 1.54) is 40.8 Å². The lowest BCUT2D eigenvalue weighted by molar-refractivity contribution is 0.416. The van der Waals surface area contributed by atoms with Crippen LogP contribution >= 0.6 is 11.3 Å². The van der Waals surface area contributed by atoms with Crippen LogP contribution in [0.15, 0.2) is 18.2 Å². The van der Waals surface area contributed by atoms with Crippen LogP contribution in [0.3, 0.4) is 0 Å². The van der Waals surface area contributed by atoms with Gasteiger partial charge in [0, 0.05) is 16.0 Å². The maximum absolute atomic E-state index is 6.29. The van der Waals surface area contributed by atoms with Crippen LogP contribution in [0.5, 0.6) is 5.75 Å². The molecule has 2 aromatic rings. The summed E-state index contributed by atoms with van der Waals surface area (Å²) >= 11 is 1.76. The van der Waals surface area contributed by atoms with Gasteiger partial charge in [0.2, 0.25) is 0 Å². The lowest BCUT2D eigenvalue weighted by atomic mass is 9.91. The highest BCUT2D eigenvalue weighted by molar-refractivity contribution is 7.16. The summed E-state index contributed by atoms with van der Waals surface area (Å²) in [5, 5.41) is 0.941. The lowest BCUT2D eigenvalue weighted by Gasteiger charge is -2.15. The number of nitrogens with two attached hydrogens (primary N) is 1. The van der Waals surface area contributed by atoms with Crippen LogP contribution in [0.25, 0.3) is 11.1 Å². The molecule has 0 saturated carbocycles. The number of rotatable bonds is 2. The molecule has 1 aliphatic rings. The molecule has 1 aliphatic carbocycles. The van der Waals surface area contributed by atoms with Crippen molar-refractivity contribution in [2.75, 3.05) is 12.8 Å². The third-order valence-electron chi connectivity index (χ3n) is 3.82. The number of methoxy groups -OCH3 is 1. The normalized spacial score (nSPS) is 14.2. The van der Waals surface area contributed by atoms with Crippen LogP contribution in [-0.4, -0.2) is 7.11 Å². The second kappa shape index (κ2) is 4.89. The summed E-state index contributed by atoms with van der Waals surface area (Å²) in [6.07, 6.45) is 4.88. The van der Waals surface area contributed by atoms with E-state index in [9.17, 15) is 0 Å². The van der Waals surface area contributed by atoms with Crippen LogP contribution in [-0.2, 0) is 12.8 Å². The quantitative estimate of drug-likeness (QED) is 0.890. The van der Waals surface area contributed by atoms with Crippen molar-refractivity contribution < 1.29 is 4.74 Å². The Hall–Kier alpha value is -1.48. The number of thiophene rings is 1. The summed E-state index contributed by atoms with van der Waals surface area (Å²) < 4.78 is 5.52. The molecule has 1 heterocycles. The van der Waals surface area contributed by atoms with Gasteiger partial charge in [-0.1, -0.05) is 11.6 Å². The molecule has 100 valence electrons. The molecule has 0 atom stereocenters. The van der Waals surface area contributed by atoms with E-state index in [4.69, 9.17) is 10.5 Å². The molecule has 2 N–H and O–H groups in total. The molecule has 0 amide bonds. The number of nitrogen functional groups attached to an aromatic ring is 1. The lowest BCUT2D eigenvalue weighted by Crippen LogP contribution is -2.00. The Balaban J connectivity index is 2.21. The van der Waals surface area contributed by atoms with Gasteiger partial charge in [0.15, 0.2) is 0 Å². The van der Waals surface area contributed by atoms with Crippen molar-refractivity contribution in [1.82, 2.24) is 0 Å². The molecule has 0 fully saturated rings. The van der Waals surface area contributed by atoms with Gasteiger partial charge in [0.1, 0.15) is 5.75 Å². The molecule has 2 nitrogen and oxygen atoms in total. The van der Waals surface area contributed by atoms with Gasteiger partial charge >= 0.3 is 0 Å². The van der Waals surface area contributed by atoms with Crippen molar-refractivity contribution in [3.63, 3.8) is 0 Å². The minimum Gasteiger partial charge on any atom is -0.496 e. The zero-order valence-electron chi connectivity index (χ0n) is 11.5. The molecule has 3 heteroatoms. The summed E-state index contributed by atoms with van der Waals surface area (Å²) in [6.45, 7) is 2.11. The third-order valence-corrected chi connectivity index (χ3v) is 4.94. The Labute approximate surface area is 118 Å². The second-order valence-electron chi connectivity index (χ2n) is 5.15. The summed E-state index contributed by atoms with van der Waals surface area (Å²) in [4.78, 5) is 1.47. The molecule has 1 aromatic heterocycles. The average molecular weight is 273 g/mol. The zero-order chi connectivity index (χ0) is 13.4. The Kier molecular flexibility index (Phi) is 3.23. The van der Waals surface area contributed by atoms with Crippen LogP contribution in [0.1, 0.15) is 28.8 Å². The van der Waals surface area contributed by atoms with Crippen molar-refractivity contribution >= 4 is 16.3 Å². The van der Waals surface area contributed by atoms with Crippen molar-refractivity contribution in [1.29, 1.82) is 0 Å². The summed E-state index contributed by atoms with van der Waals surface area (Å²) in [6, 6.07) is 6.31. The van der Waals surface area contributed by atoms with E-state index < -0.39 is 0 Å². The molecule has 3 rings (SSSR count). The average Bonchev–Trinajstić information content (AvgIpc) is 2.74. The summed E-state index contributed by atoms with van der Waals surface area (Å²) in [5.74, 6) is 0.920. The maximum Gasteiger partial charge on any atom is 0.126 e. The van der Waals surface area contributed by atoms with Crippen LogP contribution in [0, 0.1) is 6.92 Å². The van der Waals surface area contributed by atoms with E-state index >= 15 is 0 Å². The highest BCUT2D eigenvalue weighted by Crippen LogP contribution is 2.45. The van der Waals surface area contributed by atoms with Gasteiger partial charge in [-0.15, -0.1) is 11.3 Å². The van der Waals surface area contributed by atoms with E-state index in [1.54, 1.807) is 18.4 Å². The Morgan fingerprint density at radius 1 is 1.21 bits per heavy atom. The highest BCUT2D eigenvalue weighted by atomic mass is 32.1. The Bertz CT molecular complexity index is 615. The van der Waals surface area contributed by atoms with Gasteiger partial charge < -0.3 is 10.5 Å². The van der Waals surface area contributed by atoms with Crippen LogP contribution in [0.2, 0.25) is 0 Å². The monoisotopic (exact) mass is 273 g/mol. The Morgan fingerprint density at radius 3 is 2.79 bits per heavy atom. The summed E-state index contributed by atoms with van der Waals surface area (Å²) in [7, 11) is 1.73. The molecule has 0 aliphatic heterocycles. The smallest absolute Gasteiger partial charge is 0.126 e. The standard InChI is InChI=1S/C16H19NOS/c1-10-7-8-13(18-2)12(9-10)15-11-5-3-4-6-14(11)19-16(15)17/h7-9H,3-6,17H2,1-2H3. The maximum atomic E-state index is 6.29. The SMILES string of the molecule is COc1ccc(C)cc1-c1c(N)sc2c1CCCC2. The molecule has 0 radical (unpaired) electrons. The first kappa shape index (κ1) is 12.5. The predicted octanol–water partition coefficient (Wildman–Crippen LogP) is 4.19. The van der Waals surface area contributed by atoms with Gasteiger partial charge in [0.25, 0.3) is 0 Å². The first-order valence-electron chi connectivity index (χ1n) is 6.75. The van der Waals surface area contributed by atoms with Gasteiger partial charge in [0.05, 0.1) is 12.1 Å². The summed E-state index contributed by atoms with van der Waals surface area (Å²) in [5.41, 5.74) is 11.4. The van der Waals surface area contributed by atoms with E-state index in [0.717, 1.165) is 22.7 Å². The minimum atomic E-state index is 0.920. The number of fused-ring (bicyclic) bond motifs is 1. The van der Waals surface area contributed by atoms with E-state index in [2.05, 4.69) is 19.1 Å². The zero-order valence-corrected chi connectivity index (χ0v) is 12.3. The van der Waals surface area contributed by atoms with Crippen LogP contribution < -0.4 is 10.5 Å². The van der Waals surface area contributed by atoms with Crippen LogP contribution in [0.4, 0.5) is 5.00 Å². The number of hydrogen-bond acceptors (Lipinski definition) is 3. The van der Waals surface area contributed by atoms with Crippen molar-refractivity contribution in [2.24, 2.45) is 0 Å². The number of ether oxygens (including phenoxy) is 1. The molecular formula is C16H19NOS. The molecule has 0 unspecified atom stereocenters. The number of aryl methyl sites for hydroxylation is 2. The van der Waals surface area contributed by atoms with E-state index in [-0.39, 0.29) is 0 Å². The molecule has 0 saturated heterocycles. The number of benzene rings is 1. The topological polar surface area (TPSA) is 35.2 Å². The third kappa shape index (κ3) is 2.12. The Morgan fingerprint density at radius 2 is 2.00 bits per heavy atom. The fourth-order valence-corrected chi connectivity index (χ4v) is 4.07. The van der Waals surface area contributed by atoms with E-state index in [0.29, 0.717) is 0 Å². The van der Waals surface area contributed by atoms with Gasteiger partial charge in [-0.2, -0.15) is 0 Å². The largest absolute Gasteiger partial charge is 0.496 e. The number of anilines is 1. The fraction of sp³-hybridized carbons (Fsp3) is 0.375. The van der Waals surface area contributed by atoms with Gasteiger partial charge in [-0.3, -0.25) is 0 Å². The molecule has 19 heavy (non-hydrogen) atoms. The van der Waals surface area contributed by atoms with E-state index in [1.807, 2.05) is 6.07 Å². The minimum absolute atomic E-state index is 0.920. The molecular weight excluding hydrogens is 254 g/mol. The van der Waals surface area contributed by atoms with Crippen molar-refractivity contribution in [3.05, 3.63) is 34.2 Å². The van der Waals surface area contributed by atoms with Crippen molar-refractivity contribution in [3.8, 4) is 16.9 Å². The first-order valence-corrected chi connectivity index (χ1v) is 7.57. The molecule has 1 aromatic carbocycles. The molecule has 0 bridgehead atoms. The molecule has 0 spiro atoms. The fourth-order valence-electron chi connectivity index (χ4n) is 2.90. The highest BCUT2D eigenvalue weighted by Gasteiger charge is 2.22. The first-order chi connectivity index (χ1) is 9.20. The second-order valence-corrected chi connectivity index (χ2v) is 6.29. The van der Waals surface area contributed by atoms with Gasteiger partial charge in [-0.05, 0) is 50.3 Å².